The van der Waals surface area contributed by atoms with Gasteiger partial charge in [-0.1, -0.05) is 90.5 Å². The fraction of sp³-hybridized carbons (Fsp3) is 0.0769. The highest BCUT2D eigenvalue weighted by Gasteiger charge is 2.38. The minimum Gasteiger partial charge on any atom is -0.406 e. The van der Waals surface area contributed by atoms with Crippen molar-refractivity contribution < 1.29 is 17.9 Å². The Morgan fingerprint density at radius 1 is 0.625 bits per heavy atom. The third kappa shape index (κ3) is 4.58. The fourth-order valence-corrected chi connectivity index (χ4v) is 4.06. The standard InChI is InChI=1S/C26H19ClF3NO/c27-24-14-8-7-13-23(24)25(19-9-3-1-4-10-19,20-11-5-2-6-12-20)31-21-15-17-22(18-16-21)32-26(28,29)30/h1-18,31H. The van der Waals surface area contributed by atoms with Crippen molar-refractivity contribution in [2.45, 2.75) is 11.9 Å². The van der Waals surface area contributed by atoms with Crippen LogP contribution >= 0.6 is 11.6 Å². The molecule has 1 N–H and O–H groups in total. The predicted octanol–water partition coefficient (Wildman–Crippen LogP) is 7.64. The summed E-state index contributed by atoms with van der Waals surface area (Å²) in [7, 11) is 0. The average Bonchev–Trinajstić information content (AvgIpc) is 2.79. The fourth-order valence-electron chi connectivity index (χ4n) is 3.79. The van der Waals surface area contributed by atoms with Crippen LogP contribution in [-0.4, -0.2) is 6.36 Å². The van der Waals surface area contributed by atoms with Gasteiger partial charge in [-0.05, 0) is 41.5 Å². The van der Waals surface area contributed by atoms with Gasteiger partial charge in [0.25, 0.3) is 0 Å². The summed E-state index contributed by atoms with van der Waals surface area (Å²) in [5.41, 5.74) is 2.37. The zero-order chi connectivity index (χ0) is 22.6. The number of anilines is 1. The normalized spacial score (nSPS) is 11.8. The van der Waals surface area contributed by atoms with Gasteiger partial charge in [-0.3, -0.25) is 0 Å². The van der Waals surface area contributed by atoms with Gasteiger partial charge in [-0.15, -0.1) is 13.2 Å². The van der Waals surface area contributed by atoms with Gasteiger partial charge in [-0.2, -0.15) is 0 Å². The lowest BCUT2D eigenvalue weighted by molar-refractivity contribution is -0.274. The highest BCUT2D eigenvalue weighted by molar-refractivity contribution is 6.31. The van der Waals surface area contributed by atoms with Gasteiger partial charge in [0.05, 0.1) is 0 Å². The molecule has 162 valence electrons. The third-order valence-corrected chi connectivity index (χ3v) is 5.44. The van der Waals surface area contributed by atoms with E-state index in [1.807, 2.05) is 84.9 Å². The van der Waals surface area contributed by atoms with Crippen LogP contribution in [0.2, 0.25) is 5.02 Å². The molecular formula is C26H19ClF3NO. The molecule has 4 rings (SSSR count). The molecule has 0 aliphatic rings. The summed E-state index contributed by atoms with van der Waals surface area (Å²) in [6.45, 7) is 0. The van der Waals surface area contributed by atoms with E-state index >= 15 is 0 Å². The molecule has 2 nitrogen and oxygen atoms in total. The maximum Gasteiger partial charge on any atom is 0.573 e. The minimum absolute atomic E-state index is 0.286. The van der Waals surface area contributed by atoms with Crippen LogP contribution in [0.4, 0.5) is 18.9 Å². The number of benzene rings is 4. The molecule has 0 amide bonds. The Morgan fingerprint density at radius 3 is 1.62 bits per heavy atom. The van der Waals surface area contributed by atoms with Crippen LogP contribution in [0.25, 0.3) is 0 Å². The molecule has 0 saturated heterocycles. The molecule has 0 unspecified atom stereocenters. The van der Waals surface area contributed by atoms with E-state index in [0.717, 1.165) is 16.7 Å². The van der Waals surface area contributed by atoms with Crippen LogP contribution in [0.15, 0.2) is 109 Å². The van der Waals surface area contributed by atoms with Crippen LogP contribution in [0, 0.1) is 0 Å². The van der Waals surface area contributed by atoms with E-state index in [-0.39, 0.29) is 5.75 Å². The molecule has 4 aromatic rings. The van der Waals surface area contributed by atoms with E-state index in [0.29, 0.717) is 10.7 Å². The lowest BCUT2D eigenvalue weighted by Gasteiger charge is -2.38. The summed E-state index contributed by atoms with van der Waals surface area (Å²) in [5, 5.41) is 4.11. The van der Waals surface area contributed by atoms with Crippen molar-refractivity contribution >= 4 is 17.3 Å². The molecule has 0 spiro atoms. The van der Waals surface area contributed by atoms with Crippen LogP contribution in [0.3, 0.4) is 0 Å². The average molecular weight is 454 g/mol. The van der Waals surface area contributed by atoms with Gasteiger partial charge >= 0.3 is 6.36 Å². The molecule has 0 aliphatic heterocycles. The van der Waals surface area contributed by atoms with E-state index in [4.69, 9.17) is 11.6 Å². The maximum atomic E-state index is 12.6. The molecule has 0 fully saturated rings. The summed E-state index contributed by atoms with van der Waals surface area (Å²) < 4.78 is 41.7. The number of halogens is 4. The van der Waals surface area contributed by atoms with Gasteiger partial charge in [0.15, 0.2) is 0 Å². The van der Waals surface area contributed by atoms with E-state index in [9.17, 15) is 13.2 Å². The first-order valence-electron chi connectivity index (χ1n) is 9.88. The Kier molecular flexibility index (Phi) is 6.10. The van der Waals surface area contributed by atoms with Gasteiger partial charge in [-0.25, -0.2) is 0 Å². The second kappa shape index (κ2) is 8.97. The summed E-state index contributed by atoms with van der Waals surface area (Å²) in [5.74, 6) is -0.286. The summed E-state index contributed by atoms with van der Waals surface area (Å²) in [4.78, 5) is 0. The van der Waals surface area contributed by atoms with Gasteiger partial charge < -0.3 is 10.1 Å². The maximum absolute atomic E-state index is 12.6. The molecule has 4 aromatic carbocycles. The van der Waals surface area contributed by atoms with Crippen molar-refractivity contribution in [3.63, 3.8) is 0 Å². The molecule has 32 heavy (non-hydrogen) atoms. The first kappa shape index (κ1) is 21.8. The molecule has 0 bridgehead atoms. The van der Waals surface area contributed by atoms with Crippen molar-refractivity contribution in [3.8, 4) is 5.75 Å². The molecule has 0 saturated carbocycles. The molecule has 0 radical (unpaired) electrons. The third-order valence-electron chi connectivity index (χ3n) is 5.11. The summed E-state index contributed by atoms with van der Waals surface area (Å²) >= 11 is 6.69. The Bertz CT molecular complexity index is 1120. The molecule has 0 heterocycles. The zero-order valence-electron chi connectivity index (χ0n) is 16.8. The lowest BCUT2D eigenvalue weighted by atomic mass is 9.76. The van der Waals surface area contributed by atoms with Crippen molar-refractivity contribution in [2.24, 2.45) is 0 Å². The van der Waals surface area contributed by atoms with Crippen LogP contribution in [0.1, 0.15) is 16.7 Å². The van der Waals surface area contributed by atoms with Crippen LogP contribution in [-0.2, 0) is 5.54 Å². The second-order valence-corrected chi connectivity index (χ2v) is 7.57. The quantitative estimate of drug-likeness (QED) is 0.303. The minimum atomic E-state index is -4.75. The summed E-state index contributed by atoms with van der Waals surface area (Å²) in [6.07, 6.45) is -4.75. The number of alkyl halides is 3. The molecule has 0 atom stereocenters. The van der Waals surface area contributed by atoms with E-state index < -0.39 is 11.9 Å². The number of nitrogens with one attached hydrogen (secondary N) is 1. The van der Waals surface area contributed by atoms with Crippen molar-refractivity contribution in [1.82, 2.24) is 0 Å². The van der Waals surface area contributed by atoms with Gasteiger partial charge in [0, 0.05) is 16.3 Å². The Balaban J connectivity index is 1.89. The van der Waals surface area contributed by atoms with E-state index in [2.05, 4.69) is 10.1 Å². The van der Waals surface area contributed by atoms with Gasteiger partial charge in [0.2, 0.25) is 0 Å². The predicted molar refractivity (Wildman–Crippen MR) is 121 cm³/mol. The Hall–Kier alpha value is -3.44. The van der Waals surface area contributed by atoms with Crippen LogP contribution < -0.4 is 10.1 Å². The highest BCUT2D eigenvalue weighted by Crippen LogP contribution is 2.43. The van der Waals surface area contributed by atoms with E-state index in [1.54, 1.807) is 12.1 Å². The van der Waals surface area contributed by atoms with Crippen molar-refractivity contribution in [3.05, 3.63) is 131 Å². The smallest absolute Gasteiger partial charge is 0.406 e. The summed E-state index contributed by atoms with van der Waals surface area (Å²) in [6, 6.07) is 32.8. The number of hydrogen-bond acceptors (Lipinski definition) is 2. The first-order chi connectivity index (χ1) is 15.4. The largest absolute Gasteiger partial charge is 0.573 e. The Morgan fingerprint density at radius 2 is 1.12 bits per heavy atom. The molecule has 0 aromatic heterocycles. The topological polar surface area (TPSA) is 21.3 Å². The van der Waals surface area contributed by atoms with Crippen molar-refractivity contribution in [1.29, 1.82) is 0 Å². The highest BCUT2D eigenvalue weighted by atomic mass is 35.5. The number of hydrogen-bond donors (Lipinski definition) is 1. The molecule has 0 aliphatic carbocycles. The van der Waals surface area contributed by atoms with E-state index in [1.165, 1.54) is 12.1 Å². The number of ether oxygens (including phenoxy) is 1. The SMILES string of the molecule is FC(F)(F)Oc1ccc(NC(c2ccccc2)(c2ccccc2)c2ccccc2Cl)cc1. The van der Waals surface area contributed by atoms with Crippen LogP contribution in [0.5, 0.6) is 5.75 Å². The number of rotatable bonds is 6. The zero-order valence-corrected chi connectivity index (χ0v) is 17.6. The molecular weight excluding hydrogens is 435 g/mol. The Labute approximate surface area is 189 Å². The first-order valence-corrected chi connectivity index (χ1v) is 10.3. The van der Waals surface area contributed by atoms with Gasteiger partial charge in [0.1, 0.15) is 11.3 Å². The lowest BCUT2D eigenvalue weighted by Crippen LogP contribution is -2.38. The molecule has 6 heteroatoms. The second-order valence-electron chi connectivity index (χ2n) is 7.16. The van der Waals surface area contributed by atoms with Crippen molar-refractivity contribution in [2.75, 3.05) is 5.32 Å². The monoisotopic (exact) mass is 453 g/mol.